The van der Waals surface area contributed by atoms with Crippen molar-refractivity contribution in [3.05, 3.63) is 59.0 Å². The molecule has 2 rings (SSSR count). The first-order valence-electron chi connectivity index (χ1n) is 6.45. The Morgan fingerprint density at radius 2 is 2.05 bits per heavy atom. The van der Waals surface area contributed by atoms with E-state index in [4.69, 9.17) is 4.42 Å². The third kappa shape index (κ3) is 3.47. The molecule has 1 aromatic carbocycles. The molecule has 1 atom stereocenters. The van der Waals surface area contributed by atoms with Gasteiger partial charge in [0.2, 0.25) is 0 Å². The summed E-state index contributed by atoms with van der Waals surface area (Å²) in [4.78, 5) is 12.1. The average molecular weight is 257 g/mol. The molecule has 19 heavy (non-hydrogen) atoms. The maximum absolute atomic E-state index is 12.1. The molecule has 2 aromatic rings. The van der Waals surface area contributed by atoms with Crippen LogP contribution in [-0.4, -0.2) is 11.9 Å². The summed E-state index contributed by atoms with van der Waals surface area (Å²) in [5.41, 5.74) is 4.13. The molecule has 3 nitrogen and oxygen atoms in total. The fourth-order valence-electron chi connectivity index (χ4n) is 2.00. The fourth-order valence-corrected chi connectivity index (χ4v) is 2.00. The van der Waals surface area contributed by atoms with Gasteiger partial charge in [0.05, 0.1) is 12.5 Å². The van der Waals surface area contributed by atoms with Gasteiger partial charge in [-0.1, -0.05) is 6.07 Å². The highest BCUT2D eigenvalue weighted by molar-refractivity contribution is 5.94. The van der Waals surface area contributed by atoms with Crippen LogP contribution in [-0.2, 0) is 6.42 Å². The van der Waals surface area contributed by atoms with Crippen LogP contribution >= 0.6 is 0 Å². The lowest BCUT2D eigenvalue weighted by molar-refractivity contribution is 0.0940. The standard InChI is InChI=1S/C16H19NO2/c1-11-4-5-15(8-12(11)2)16(18)17-13(3)9-14-6-7-19-10-14/h4-8,10,13H,9H2,1-3H3,(H,17,18). The van der Waals surface area contributed by atoms with Gasteiger partial charge in [-0.15, -0.1) is 0 Å². The lowest BCUT2D eigenvalue weighted by atomic mass is 10.1. The fraction of sp³-hybridized carbons (Fsp3) is 0.312. The van der Waals surface area contributed by atoms with E-state index in [1.165, 1.54) is 5.56 Å². The molecule has 1 amide bonds. The van der Waals surface area contributed by atoms with Crippen molar-refractivity contribution >= 4 is 5.91 Å². The largest absolute Gasteiger partial charge is 0.472 e. The lowest BCUT2D eigenvalue weighted by Crippen LogP contribution is -2.34. The number of aryl methyl sites for hydroxylation is 2. The third-order valence-corrected chi connectivity index (χ3v) is 3.27. The number of rotatable bonds is 4. The van der Waals surface area contributed by atoms with E-state index < -0.39 is 0 Å². The van der Waals surface area contributed by atoms with Crippen molar-refractivity contribution in [2.75, 3.05) is 0 Å². The van der Waals surface area contributed by atoms with Gasteiger partial charge < -0.3 is 9.73 Å². The first-order chi connectivity index (χ1) is 9.06. The van der Waals surface area contributed by atoms with E-state index in [-0.39, 0.29) is 11.9 Å². The van der Waals surface area contributed by atoms with Crippen molar-refractivity contribution in [2.24, 2.45) is 0 Å². The molecule has 0 saturated carbocycles. The van der Waals surface area contributed by atoms with Gasteiger partial charge in [-0.2, -0.15) is 0 Å². The summed E-state index contributed by atoms with van der Waals surface area (Å²) in [5, 5.41) is 3.00. The first kappa shape index (κ1) is 13.4. The summed E-state index contributed by atoms with van der Waals surface area (Å²) < 4.78 is 5.02. The van der Waals surface area contributed by atoms with Crippen LogP contribution < -0.4 is 5.32 Å². The molecular formula is C16H19NO2. The quantitative estimate of drug-likeness (QED) is 0.913. The minimum Gasteiger partial charge on any atom is -0.472 e. The van der Waals surface area contributed by atoms with E-state index >= 15 is 0 Å². The van der Waals surface area contributed by atoms with E-state index in [2.05, 4.69) is 5.32 Å². The highest BCUT2D eigenvalue weighted by atomic mass is 16.3. The molecule has 3 heteroatoms. The number of benzene rings is 1. The second-order valence-corrected chi connectivity index (χ2v) is 5.01. The van der Waals surface area contributed by atoms with Crippen molar-refractivity contribution < 1.29 is 9.21 Å². The lowest BCUT2D eigenvalue weighted by Gasteiger charge is -2.13. The predicted octanol–water partition coefficient (Wildman–Crippen LogP) is 3.26. The topological polar surface area (TPSA) is 42.2 Å². The van der Waals surface area contributed by atoms with Crippen LogP contribution in [0.15, 0.2) is 41.2 Å². The van der Waals surface area contributed by atoms with Crippen LogP contribution in [0.1, 0.15) is 34.0 Å². The monoisotopic (exact) mass is 257 g/mol. The first-order valence-corrected chi connectivity index (χ1v) is 6.45. The second-order valence-electron chi connectivity index (χ2n) is 5.01. The summed E-state index contributed by atoms with van der Waals surface area (Å²) in [6, 6.07) is 7.76. The Bertz CT molecular complexity index is 558. The Balaban J connectivity index is 1.98. The molecule has 1 N–H and O–H groups in total. The maximum atomic E-state index is 12.1. The van der Waals surface area contributed by atoms with Gasteiger partial charge in [0.1, 0.15) is 0 Å². The molecule has 0 aliphatic rings. The van der Waals surface area contributed by atoms with Gasteiger partial charge in [0.25, 0.3) is 5.91 Å². The molecule has 100 valence electrons. The highest BCUT2D eigenvalue weighted by Gasteiger charge is 2.11. The summed E-state index contributed by atoms with van der Waals surface area (Å²) >= 11 is 0. The normalized spacial score (nSPS) is 12.2. The molecule has 0 bridgehead atoms. The van der Waals surface area contributed by atoms with Crippen LogP contribution in [0.3, 0.4) is 0 Å². The minimum atomic E-state index is -0.0286. The van der Waals surface area contributed by atoms with E-state index in [9.17, 15) is 4.79 Å². The van der Waals surface area contributed by atoms with E-state index in [1.807, 2.05) is 45.0 Å². The summed E-state index contributed by atoms with van der Waals surface area (Å²) in [6.45, 7) is 6.05. The number of furan rings is 1. The zero-order chi connectivity index (χ0) is 13.8. The summed E-state index contributed by atoms with van der Waals surface area (Å²) in [5.74, 6) is -0.0286. The summed E-state index contributed by atoms with van der Waals surface area (Å²) in [7, 11) is 0. The molecular weight excluding hydrogens is 238 g/mol. The van der Waals surface area contributed by atoms with E-state index in [1.54, 1.807) is 12.5 Å². The van der Waals surface area contributed by atoms with Crippen molar-refractivity contribution in [3.8, 4) is 0 Å². The molecule has 1 aromatic heterocycles. The number of hydrogen-bond donors (Lipinski definition) is 1. The molecule has 0 aliphatic heterocycles. The average Bonchev–Trinajstić information content (AvgIpc) is 2.85. The maximum Gasteiger partial charge on any atom is 0.251 e. The second kappa shape index (κ2) is 5.74. The molecule has 0 radical (unpaired) electrons. The smallest absolute Gasteiger partial charge is 0.251 e. The Kier molecular flexibility index (Phi) is 4.05. The Hall–Kier alpha value is -2.03. The zero-order valence-corrected chi connectivity index (χ0v) is 11.6. The van der Waals surface area contributed by atoms with Crippen molar-refractivity contribution in [3.63, 3.8) is 0 Å². The van der Waals surface area contributed by atoms with Gasteiger partial charge in [0, 0.05) is 11.6 Å². The number of carbonyl (C=O) groups excluding carboxylic acids is 1. The zero-order valence-electron chi connectivity index (χ0n) is 11.6. The van der Waals surface area contributed by atoms with Crippen molar-refractivity contribution in [1.82, 2.24) is 5.32 Å². The molecule has 0 spiro atoms. The van der Waals surface area contributed by atoms with Crippen LogP contribution in [0.2, 0.25) is 0 Å². The van der Waals surface area contributed by atoms with Crippen LogP contribution in [0, 0.1) is 13.8 Å². The molecule has 1 unspecified atom stereocenters. The van der Waals surface area contributed by atoms with E-state index in [0.717, 1.165) is 17.5 Å². The molecule has 0 fully saturated rings. The van der Waals surface area contributed by atoms with Crippen molar-refractivity contribution in [2.45, 2.75) is 33.2 Å². The van der Waals surface area contributed by atoms with Gasteiger partial charge in [0.15, 0.2) is 0 Å². The van der Waals surface area contributed by atoms with Crippen molar-refractivity contribution in [1.29, 1.82) is 0 Å². The highest BCUT2D eigenvalue weighted by Crippen LogP contribution is 2.10. The minimum absolute atomic E-state index is 0.0286. The van der Waals surface area contributed by atoms with E-state index in [0.29, 0.717) is 5.56 Å². The Labute approximate surface area is 113 Å². The number of carbonyl (C=O) groups is 1. The van der Waals surface area contributed by atoms with Crippen LogP contribution in [0.5, 0.6) is 0 Å². The Morgan fingerprint density at radius 3 is 2.68 bits per heavy atom. The third-order valence-electron chi connectivity index (χ3n) is 3.27. The molecule has 1 heterocycles. The number of hydrogen-bond acceptors (Lipinski definition) is 2. The Morgan fingerprint density at radius 1 is 1.26 bits per heavy atom. The number of amides is 1. The SMILES string of the molecule is Cc1ccc(C(=O)NC(C)Cc2ccoc2)cc1C. The van der Waals surface area contributed by atoms with Crippen LogP contribution in [0.25, 0.3) is 0 Å². The molecule has 0 saturated heterocycles. The van der Waals surface area contributed by atoms with Gasteiger partial charge >= 0.3 is 0 Å². The van der Waals surface area contributed by atoms with Gasteiger partial charge in [-0.05, 0) is 62.1 Å². The predicted molar refractivity (Wildman–Crippen MR) is 75.3 cm³/mol. The summed E-state index contributed by atoms with van der Waals surface area (Å²) in [6.07, 6.45) is 4.12. The van der Waals surface area contributed by atoms with Gasteiger partial charge in [-0.25, -0.2) is 0 Å². The number of nitrogens with one attached hydrogen (secondary N) is 1. The van der Waals surface area contributed by atoms with Crippen LogP contribution in [0.4, 0.5) is 0 Å². The van der Waals surface area contributed by atoms with Gasteiger partial charge in [-0.3, -0.25) is 4.79 Å². The molecule has 0 aliphatic carbocycles.